The quantitative estimate of drug-likeness (QED) is 0.916. The Morgan fingerprint density at radius 1 is 1.45 bits per heavy atom. The van der Waals surface area contributed by atoms with Crippen molar-refractivity contribution in [3.05, 3.63) is 17.3 Å². The van der Waals surface area contributed by atoms with Crippen LogP contribution in [0.15, 0.2) is 11.6 Å². The lowest BCUT2D eigenvalue weighted by Crippen LogP contribution is -2.36. The first-order valence-electron chi connectivity index (χ1n) is 7.25. The third-order valence-electron chi connectivity index (χ3n) is 3.71. The summed E-state index contributed by atoms with van der Waals surface area (Å²) in [7, 11) is 2.14. The standard InChI is InChI=1S/C15H26N4S/c1-7-11(2)18(6)13-12(10-16-15(3,4)5)19-8-9-20-14(19)17-13/h8-9,11,16H,7,10H2,1-6H3. The first-order valence-corrected chi connectivity index (χ1v) is 8.13. The van der Waals surface area contributed by atoms with Gasteiger partial charge >= 0.3 is 0 Å². The molecule has 0 bridgehead atoms. The molecule has 0 saturated heterocycles. The molecule has 2 aromatic rings. The van der Waals surface area contributed by atoms with Crippen LogP contribution in [-0.2, 0) is 6.54 Å². The number of nitrogens with one attached hydrogen (secondary N) is 1. The number of fused-ring (bicyclic) bond motifs is 1. The van der Waals surface area contributed by atoms with E-state index in [0.717, 1.165) is 23.7 Å². The van der Waals surface area contributed by atoms with E-state index < -0.39 is 0 Å². The SMILES string of the molecule is CCC(C)N(C)c1nc2sccn2c1CNC(C)(C)C. The van der Waals surface area contributed by atoms with Crippen molar-refractivity contribution >= 4 is 22.1 Å². The molecule has 2 aromatic heterocycles. The molecule has 0 aliphatic rings. The highest BCUT2D eigenvalue weighted by molar-refractivity contribution is 7.15. The Labute approximate surface area is 125 Å². The summed E-state index contributed by atoms with van der Waals surface area (Å²) in [6.07, 6.45) is 3.23. The Hall–Kier alpha value is -1.07. The average Bonchev–Trinajstić information content (AvgIpc) is 2.93. The molecule has 1 atom stereocenters. The lowest BCUT2D eigenvalue weighted by atomic mass is 10.1. The molecule has 0 aliphatic heterocycles. The molecule has 0 aromatic carbocycles. The Bertz CT molecular complexity index is 564. The van der Waals surface area contributed by atoms with Gasteiger partial charge in [0.15, 0.2) is 10.8 Å². The normalized spacial score (nSPS) is 13.9. The van der Waals surface area contributed by atoms with Gasteiger partial charge in [-0.05, 0) is 34.1 Å². The van der Waals surface area contributed by atoms with E-state index in [-0.39, 0.29) is 5.54 Å². The van der Waals surface area contributed by atoms with Crippen LogP contribution in [0.3, 0.4) is 0 Å². The van der Waals surface area contributed by atoms with E-state index in [9.17, 15) is 0 Å². The molecule has 1 unspecified atom stereocenters. The van der Waals surface area contributed by atoms with Gasteiger partial charge < -0.3 is 10.2 Å². The van der Waals surface area contributed by atoms with Crippen LogP contribution in [0.5, 0.6) is 0 Å². The second-order valence-electron chi connectivity index (χ2n) is 6.41. The highest BCUT2D eigenvalue weighted by atomic mass is 32.1. The maximum absolute atomic E-state index is 4.81. The fourth-order valence-electron chi connectivity index (χ4n) is 2.10. The van der Waals surface area contributed by atoms with Crippen molar-refractivity contribution in [2.75, 3.05) is 11.9 Å². The van der Waals surface area contributed by atoms with Gasteiger partial charge in [0.25, 0.3) is 0 Å². The number of hydrogen-bond donors (Lipinski definition) is 1. The van der Waals surface area contributed by atoms with Crippen LogP contribution < -0.4 is 10.2 Å². The summed E-state index contributed by atoms with van der Waals surface area (Å²) in [5.74, 6) is 1.10. The Balaban J connectivity index is 2.35. The van der Waals surface area contributed by atoms with E-state index in [4.69, 9.17) is 4.98 Å². The van der Waals surface area contributed by atoms with Crippen LogP contribution in [0.4, 0.5) is 5.82 Å². The van der Waals surface area contributed by atoms with Crippen LogP contribution >= 0.6 is 11.3 Å². The number of thiazole rings is 1. The van der Waals surface area contributed by atoms with Crippen molar-refractivity contribution < 1.29 is 0 Å². The number of imidazole rings is 1. The van der Waals surface area contributed by atoms with Gasteiger partial charge in [-0.15, -0.1) is 11.3 Å². The van der Waals surface area contributed by atoms with E-state index in [1.54, 1.807) is 11.3 Å². The lowest BCUT2D eigenvalue weighted by molar-refractivity contribution is 0.420. The first kappa shape index (κ1) is 15.3. The minimum atomic E-state index is 0.104. The summed E-state index contributed by atoms with van der Waals surface area (Å²) in [6.45, 7) is 11.9. The predicted octanol–water partition coefficient (Wildman–Crippen LogP) is 3.52. The number of rotatable bonds is 5. The summed E-state index contributed by atoms with van der Waals surface area (Å²) in [5, 5.41) is 5.67. The van der Waals surface area contributed by atoms with Gasteiger partial charge in [-0.3, -0.25) is 4.40 Å². The molecule has 0 fully saturated rings. The molecule has 0 spiro atoms. The van der Waals surface area contributed by atoms with Gasteiger partial charge in [0.05, 0.1) is 5.69 Å². The molecule has 4 nitrogen and oxygen atoms in total. The van der Waals surface area contributed by atoms with Gasteiger partial charge in [-0.2, -0.15) is 0 Å². The minimum absolute atomic E-state index is 0.104. The Morgan fingerprint density at radius 3 is 2.75 bits per heavy atom. The van der Waals surface area contributed by atoms with Gasteiger partial charge in [0, 0.05) is 36.8 Å². The lowest BCUT2D eigenvalue weighted by Gasteiger charge is -2.26. The van der Waals surface area contributed by atoms with E-state index in [1.165, 1.54) is 5.69 Å². The van der Waals surface area contributed by atoms with Gasteiger partial charge in [-0.1, -0.05) is 6.92 Å². The van der Waals surface area contributed by atoms with Crippen LogP contribution in [0, 0.1) is 0 Å². The van der Waals surface area contributed by atoms with Crippen LogP contribution in [0.1, 0.15) is 46.7 Å². The molecule has 0 amide bonds. The number of aromatic nitrogens is 2. The molecular weight excluding hydrogens is 268 g/mol. The van der Waals surface area contributed by atoms with E-state index in [2.05, 4.69) is 67.9 Å². The van der Waals surface area contributed by atoms with Gasteiger partial charge in [0.1, 0.15) is 0 Å². The van der Waals surface area contributed by atoms with Crippen molar-refractivity contribution in [1.29, 1.82) is 0 Å². The molecule has 0 radical (unpaired) electrons. The zero-order chi connectivity index (χ0) is 14.9. The summed E-state index contributed by atoms with van der Waals surface area (Å²) in [5.41, 5.74) is 1.35. The van der Waals surface area contributed by atoms with Crippen molar-refractivity contribution in [2.24, 2.45) is 0 Å². The monoisotopic (exact) mass is 294 g/mol. The molecule has 112 valence electrons. The second kappa shape index (κ2) is 5.74. The fraction of sp³-hybridized carbons (Fsp3) is 0.667. The Morgan fingerprint density at radius 2 is 2.15 bits per heavy atom. The summed E-state index contributed by atoms with van der Waals surface area (Å²) in [4.78, 5) is 8.17. The van der Waals surface area contributed by atoms with Crippen LogP contribution in [-0.4, -0.2) is 28.0 Å². The highest BCUT2D eigenvalue weighted by Gasteiger charge is 2.20. The number of hydrogen-bond acceptors (Lipinski definition) is 4. The second-order valence-corrected chi connectivity index (χ2v) is 7.28. The third-order valence-corrected chi connectivity index (χ3v) is 4.47. The smallest absolute Gasteiger partial charge is 0.195 e. The number of anilines is 1. The molecule has 20 heavy (non-hydrogen) atoms. The van der Waals surface area contributed by atoms with E-state index in [1.807, 2.05) is 0 Å². The maximum Gasteiger partial charge on any atom is 0.195 e. The van der Waals surface area contributed by atoms with Gasteiger partial charge in [0.2, 0.25) is 0 Å². The topological polar surface area (TPSA) is 32.6 Å². The average molecular weight is 294 g/mol. The summed E-state index contributed by atoms with van der Waals surface area (Å²) >= 11 is 1.69. The minimum Gasteiger partial charge on any atom is -0.355 e. The van der Waals surface area contributed by atoms with Crippen LogP contribution in [0.25, 0.3) is 4.96 Å². The zero-order valence-corrected chi connectivity index (χ0v) is 14.2. The molecule has 1 N–H and O–H groups in total. The summed E-state index contributed by atoms with van der Waals surface area (Å²) in [6, 6.07) is 0.494. The van der Waals surface area contributed by atoms with Crippen molar-refractivity contribution in [2.45, 2.75) is 59.2 Å². The molecule has 0 saturated carbocycles. The fourth-order valence-corrected chi connectivity index (χ4v) is 2.83. The molecular formula is C15H26N4S. The Kier molecular flexibility index (Phi) is 4.39. The van der Waals surface area contributed by atoms with Crippen molar-refractivity contribution in [3.8, 4) is 0 Å². The number of nitrogens with zero attached hydrogens (tertiary/aromatic N) is 3. The van der Waals surface area contributed by atoms with E-state index >= 15 is 0 Å². The summed E-state index contributed by atoms with van der Waals surface area (Å²) < 4.78 is 2.21. The maximum atomic E-state index is 4.81. The van der Waals surface area contributed by atoms with Crippen LogP contribution in [0.2, 0.25) is 0 Å². The van der Waals surface area contributed by atoms with E-state index in [0.29, 0.717) is 6.04 Å². The van der Waals surface area contributed by atoms with Crippen molar-refractivity contribution in [3.63, 3.8) is 0 Å². The zero-order valence-electron chi connectivity index (χ0n) is 13.4. The highest BCUT2D eigenvalue weighted by Crippen LogP contribution is 2.26. The predicted molar refractivity (Wildman–Crippen MR) is 87.8 cm³/mol. The van der Waals surface area contributed by atoms with Crippen molar-refractivity contribution in [1.82, 2.24) is 14.7 Å². The largest absolute Gasteiger partial charge is 0.355 e. The molecule has 0 aliphatic carbocycles. The first-order chi connectivity index (χ1) is 9.33. The molecule has 5 heteroatoms. The molecule has 2 rings (SSSR count). The molecule has 2 heterocycles. The third kappa shape index (κ3) is 3.15. The van der Waals surface area contributed by atoms with Gasteiger partial charge in [-0.25, -0.2) is 4.98 Å².